The van der Waals surface area contributed by atoms with Crippen molar-refractivity contribution in [3.8, 4) is 11.5 Å². The molecule has 2 N–H and O–H groups in total. The second-order valence-corrected chi connectivity index (χ2v) is 8.61. The highest BCUT2D eigenvalue weighted by Gasteiger charge is 2.17. The van der Waals surface area contributed by atoms with E-state index in [-0.39, 0.29) is 10.8 Å². The lowest BCUT2D eigenvalue weighted by Crippen LogP contribution is -2.30. The topological polar surface area (TPSA) is 93.7 Å². The SMILES string of the molecule is COc1cccc(NS(=O)(=O)c2ccc(NC(=O)[C@@H](C)Oc3ccc(C)cc3)cc2)c1. The Kier molecular flexibility index (Phi) is 6.81. The number of aryl methyl sites for hydroxylation is 1. The van der Waals surface area contributed by atoms with Gasteiger partial charge in [0, 0.05) is 11.8 Å². The van der Waals surface area contributed by atoms with E-state index in [1.54, 1.807) is 43.3 Å². The Morgan fingerprint density at radius 1 is 0.903 bits per heavy atom. The van der Waals surface area contributed by atoms with Crippen LogP contribution in [0.1, 0.15) is 12.5 Å². The lowest BCUT2D eigenvalue weighted by Gasteiger charge is -2.15. The molecule has 0 aliphatic heterocycles. The van der Waals surface area contributed by atoms with Gasteiger partial charge in [0.05, 0.1) is 17.7 Å². The van der Waals surface area contributed by atoms with Crippen LogP contribution >= 0.6 is 0 Å². The summed E-state index contributed by atoms with van der Waals surface area (Å²) in [4.78, 5) is 12.5. The van der Waals surface area contributed by atoms with E-state index in [9.17, 15) is 13.2 Å². The first-order valence-corrected chi connectivity index (χ1v) is 11.1. The van der Waals surface area contributed by atoms with Gasteiger partial charge in [-0.15, -0.1) is 0 Å². The van der Waals surface area contributed by atoms with E-state index < -0.39 is 16.1 Å². The molecule has 3 aromatic carbocycles. The van der Waals surface area contributed by atoms with Crippen LogP contribution in [0.2, 0.25) is 0 Å². The van der Waals surface area contributed by atoms with Crippen LogP contribution in [0.3, 0.4) is 0 Å². The quantitative estimate of drug-likeness (QED) is 0.547. The molecular weight excluding hydrogens is 416 g/mol. The van der Waals surface area contributed by atoms with Crippen LogP contribution in [0, 0.1) is 6.92 Å². The van der Waals surface area contributed by atoms with Crippen LogP contribution < -0.4 is 19.5 Å². The normalized spacial score (nSPS) is 12.0. The number of ether oxygens (including phenoxy) is 2. The molecule has 0 bridgehead atoms. The van der Waals surface area contributed by atoms with Crippen LogP contribution in [0.15, 0.2) is 77.7 Å². The van der Waals surface area contributed by atoms with Gasteiger partial charge in [-0.3, -0.25) is 9.52 Å². The van der Waals surface area contributed by atoms with E-state index in [1.807, 2.05) is 19.1 Å². The standard InChI is InChI=1S/C23H24N2O5S/c1-16-7-11-20(12-8-16)30-17(2)23(26)24-18-9-13-22(14-10-18)31(27,28)25-19-5-4-6-21(15-19)29-3/h4-15,17,25H,1-3H3,(H,24,26)/t17-/m1/s1. The Bertz CT molecular complexity index is 1140. The number of hydrogen-bond acceptors (Lipinski definition) is 5. The summed E-state index contributed by atoms with van der Waals surface area (Å²) >= 11 is 0. The number of nitrogens with one attached hydrogen (secondary N) is 2. The number of anilines is 2. The molecule has 0 fully saturated rings. The number of benzene rings is 3. The molecule has 0 saturated carbocycles. The number of carbonyl (C=O) groups is 1. The third kappa shape index (κ3) is 5.99. The third-order valence-corrected chi connectivity index (χ3v) is 5.85. The third-order valence-electron chi connectivity index (χ3n) is 4.46. The fraction of sp³-hybridized carbons (Fsp3) is 0.174. The average molecular weight is 441 g/mol. The molecule has 0 saturated heterocycles. The lowest BCUT2D eigenvalue weighted by molar-refractivity contribution is -0.122. The first-order chi connectivity index (χ1) is 14.8. The largest absolute Gasteiger partial charge is 0.497 e. The van der Waals surface area contributed by atoms with Crippen LogP contribution in [-0.2, 0) is 14.8 Å². The summed E-state index contributed by atoms with van der Waals surface area (Å²) in [6.07, 6.45) is -0.721. The molecule has 1 atom stereocenters. The molecule has 7 nitrogen and oxygen atoms in total. The highest BCUT2D eigenvalue weighted by atomic mass is 32.2. The van der Waals surface area contributed by atoms with Crippen molar-refractivity contribution in [3.05, 3.63) is 78.4 Å². The van der Waals surface area contributed by atoms with Crippen molar-refractivity contribution in [3.63, 3.8) is 0 Å². The average Bonchev–Trinajstić information content (AvgIpc) is 2.75. The maximum absolute atomic E-state index is 12.6. The zero-order valence-corrected chi connectivity index (χ0v) is 18.3. The van der Waals surface area contributed by atoms with E-state index in [4.69, 9.17) is 9.47 Å². The minimum absolute atomic E-state index is 0.0669. The predicted octanol–water partition coefficient (Wildman–Crippen LogP) is 4.21. The Balaban J connectivity index is 1.63. The van der Waals surface area contributed by atoms with Crippen molar-refractivity contribution in [1.29, 1.82) is 0 Å². The summed E-state index contributed by atoms with van der Waals surface area (Å²) in [5.74, 6) is 0.796. The zero-order valence-electron chi connectivity index (χ0n) is 17.5. The molecule has 31 heavy (non-hydrogen) atoms. The van der Waals surface area contributed by atoms with Crippen molar-refractivity contribution in [1.82, 2.24) is 0 Å². The van der Waals surface area contributed by atoms with Gasteiger partial charge in [-0.2, -0.15) is 0 Å². The zero-order chi connectivity index (χ0) is 22.4. The summed E-state index contributed by atoms with van der Waals surface area (Å²) in [7, 11) is -2.28. The second-order valence-electron chi connectivity index (χ2n) is 6.92. The Morgan fingerprint density at radius 3 is 2.23 bits per heavy atom. The smallest absolute Gasteiger partial charge is 0.265 e. The first-order valence-electron chi connectivity index (χ1n) is 9.58. The van der Waals surface area contributed by atoms with Gasteiger partial charge >= 0.3 is 0 Å². The number of sulfonamides is 1. The fourth-order valence-corrected chi connectivity index (χ4v) is 3.79. The second kappa shape index (κ2) is 9.53. The first kappa shape index (κ1) is 22.2. The molecule has 162 valence electrons. The van der Waals surface area contributed by atoms with Gasteiger partial charge in [0.1, 0.15) is 11.5 Å². The number of hydrogen-bond donors (Lipinski definition) is 2. The van der Waals surface area contributed by atoms with Gasteiger partial charge in [-0.25, -0.2) is 8.42 Å². The summed E-state index contributed by atoms with van der Waals surface area (Å²) in [5, 5.41) is 2.72. The number of amides is 1. The van der Waals surface area contributed by atoms with Crippen molar-refractivity contribution in [2.24, 2.45) is 0 Å². The monoisotopic (exact) mass is 440 g/mol. The van der Waals surface area contributed by atoms with E-state index in [0.29, 0.717) is 22.9 Å². The maximum atomic E-state index is 12.6. The van der Waals surface area contributed by atoms with E-state index in [0.717, 1.165) is 5.56 Å². The number of rotatable bonds is 8. The van der Waals surface area contributed by atoms with Crippen molar-refractivity contribution >= 4 is 27.3 Å². The number of methoxy groups -OCH3 is 1. The Morgan fingerprint density at radius 2 is 1.58 bits per heavy atom. The van der Waals surface area contributed by atoms with Crippen LogP contribution in [-0.4, -0.2) is 27.5 Å². The van der Waals surface area contributed by atoms with E-state index in [2.05, 4.69) is 10.0 Å². The summed E-state index contributed by atoms with van der Waals surface area (Å²) in [6, 6.07) is 19.9. The molecule has 1 amide bonds. The molecule has 3 rings (SSSR count). The summed E-state index contributed by atoms with van der Waals surface area (Å²) < 4.78 is 38.5. The Labute approximate surface area is 182 Å². The van der Waals surface area contributed by atoms with Gasteiger partial charge in [-0.1, -0.05) is 23.8 Å². The number of carbonyl (C=O) groups excluding carboxylic acids is 1. The summed E-state index contributed by atoms with van der Waals surface area (Å²) in [6.45, 7) is 3.61. The van der Waals surface area contributed by atoms with Crippen molar-refractivity contribution in [2.45, 2.75) is 24.8 Å². The molecule has 0 unspecified atom stereocenters. The van der Waals surface area contributed by atoms with Crippen LogP contribution in [0.5, 0.6) is 11.5 Å². The minimum atomic E-state index is -3.79. The minimum Gasteiger partial charge on any atom is -0.497 e. The maximum Gasteiger partial charge on any atom is 0.265 e. The van der Waals surface area contributed by atoms with E-state index >= 15 is 0 Å². The van der Waals surface area contributed by atoms with Crippen molar-refractivity contribution < 1.29 is 22.7 Å². The molecule has 3 aromatic rings. The van der Waals surface area contributed by atoms with Gasteiger partial charge in [-0.05, 0) is 62.4 Å². The van der Waals surface area contributed by atoms with Crippen LogP contribution in [0.4, 0.5) is 11.4 Å². The van der Waals surface area contributed by atoms with Gasteiger partial charge in [0.25, 0.3) is 15.9 Å². The highest BCUT2D eigenvalue weighted by molar-refractivity contribution is 7.92. The lowest BCUT2D eigenvalue weighted by atomic mass is 10.2. The molecular formula is C23H24N2O5S. The molecule has 0 aliphatic carbocycles. The van der Waals surface area contributed by atoms with Gasteiger partial charge < -0.3 is 14.8 Å². The highest BCUT2D eigenvalue weighted by Crippen LogP contribution is 2.22. The molecule has 0 heterocycles. The fourth-order valence-electron chi connectivity index (χ4n) is 2.74. The molecule has 0 aliphatic rings. The predicted molar refractivity (Wildman–Crippen MR) is 120 cm³/mol. The summed E-state index contributed by atoms with van der Waals surface area (Å²) in [5.41, 5.74) is 1.95. The molecule has 0 radical (unpaired) electrons. The van der Waals surface area contributed by atoms with Gasteiger partial charge in [0.2, 0.25) is 0 Å². The molecule has 0 spiro atoms. The molecule has 8 heteroatoms. The van der Waals surface area contributed by atoms with Crippen molar-refractivity contribution in [2.75, 3.05) is 17.1 Å². The van der Waals surface area contributed by atoms with Crippen LogP contribution in [0.25, 0.3) is 0 Å². The Hall–Kier alpha value is -3.52. The van der Waals surface area contributed by atoms with Gasteiger partial charge in [0.15, 0.2) is 6.10 Å². The van der Waals surface area contributed by atoms with E-state index in [1.165, 1.54) is 31.4 Å². The molecule has 0 aromatic heterocycles.